The molecule has 1 saturated carbocycles. The molecule has 0 aromatic carbocycles. The van der Waals surface area contributed by atoms with Gasteiger partial charge in [-0.1, -0.05) is 19.3 Å². The van der Waals surface area contributed by atoms with E-state index in [4.69, 9.17) is 5.73 Å². The standard InChI is InChI=1S/C15H24N2S/c16-9-15(14-6-8-18-11-14)17-7-5-12-3-1-2-4-13(12)10-17/h6,8,11-13,15H,1-5,7,9-10,16H2. The van der Waals surface area contributed by atoms with Crippen molar-refractivity contribution in [3.05, 3.63) is 22.4 Å². The molecule has 3 rings (SSSR count). The van der Waals surface area contributed by atoms with Gasteiger partial charge in [0, 0.05) is 19.1 Å². The molecule has 2 N–H and O–H groups in total. The largest absolute Gasteiger partial charge is 0.329 e. The number of hydrogen-bond acceptors (Lipinski definition) is 3. The highest BCUT2D eigenvalue weighted by atomic mass is 32.1. The Morgan fingerprint density at radius 1 is 1.28 bits per heavy atom. The number of likely N-dealkylation sites (tertiary alicyclic amines) is 1. The molecule has 2 nitrogen and oxygen atoms in total. The minimum absolute atomic E-state index is 0.458. The first-order valence-electron chi connectivity index (χ1n) is 7.34. The molecule has 1 aliphatic carbocycles. The van der Waals surface area contributed by atoms with Gasteiger partial charge in [0.2, 0.25) is 0 Å². The van der Waals surface area contributed by atoms with E-state index in [2.05, 4.69) is 21.7 Å². The van der Waals surface area contributed by atoms with E-state index in [1.54, 1.807) is 11.3 Å². The first-order chi connectivity index (χ1) is 8.88. The topological polar surface area (TPSA) is 29.3 Å². The lowest BCUT2D eigenvalue weighted by Crippen LogP contribution is -2.45. The fourth-order valence-electron chi connectivity index (χ4n) is 3.87. The number of rotatable bonds is 3. The van der Waals surface area contributed by atoms with Gasteiger partial charge >= 0.3 is 0 Å². The van der Waals surface area contributed by atoms with Crippen molar-refractivity contribution in [1.82, 2.24) is 4.90 Å². The Balaban J connectivity index is 1.69. The second kappa shape index (κ2) is 5.72. The molecule has 1 aromatic heterocycles. The molecule has 2 aliphatic rings. The molecule has 0 radical (unpaired) electrons. The Hall–Kier alpha value is -0.380. The Labute approximate surface area is 114 Å². The van der Waals surface area contributed by atoms with E-state index in [1.165, 1.54) is 50.8 Å². The van der Waals surface area contributed by atoms with Crippen LogP contribution in [0.4, 0.5) is 0 Å². The number of thiophene rings is 1. The monoisotopic (exact) mass is 264 g/mol. The lowest BCUT2D eigenvalue weighted by atomic mass is 9.74. The SMILES string of the molecule is NCC(c1ccsc1)N1CCC2CCCCC2C1. The summed E-state index contributed by atoms with van der Waals surface area (Å²) in [5, 5.41) is 4.44. The molecule has 100 valence electrons. The Morgan fingerprint density at radius 2 is 2.11 bits per heavy atom. The first kappa shape index (κ1) is 12.6. The van der Waals surface area contributed by atoms with Gasteiger partial charge in [-0.3, -0.25) is 4.90 Å². The number of piperidine rings is 1. The van der Waals surface area contributed by atoms with Crippen molar-refractivity contribution in [2.24, 2.45) is 17.6 Å². The molecule has 3 heteroatoms. The zero-order chi connectivity index (χ0) is 12.4. The summed E-state index contributed by atoms with van der Waals surface area (Å²) in [7, 11) is 0. The van der Waals surface area contributed by atoms with Crippen LogP contribution in [0.5, 0.6) is 0 Å². The average molecular weight is 264 g/mol. The minimum atomic E-state index is 0.458. The average Bonchev–Trinajstić information content (AvgIpc) is 2.93. The van der Waals surface area contributed by atoms with Crippen LogP contribution in [-0.2, 0) is 0 Å². The van der Waals surface area contributed by atoms with Crippen LogP contribution in [0.25, 0.3) is 0 Å². The quantitative estimate of drug-likeness (QED) is 0.908. The van der Waals surface area contributed by atoms with Crippen LogP contribution in [0, 0.1) is 11.8 Å². The second-order valence-corrected chi connectivity index (χ2v) is 6.68. The molecule has 0 spiro atoms. The highest BCUT2D eigenvalue weighted by molar-refractivity contribution is 7.07. The van der Waals surface area contributed by atoms with Crippen LogP contribution in [-0.4, -0.2) is 24.5 Å². The van der Waals surface area contributed by atoms with Gasteiger partial charge < -0.3 is 5.73 Å². The number of fused-ring (bicyclic) bond motifs is 1. The van der Waals surface area contributed by atoms with E-state index in [-0.39, 0.29) is 0 Å². The lowest BCUT2D eigenvalue weighted by Gasteiger charge is -2.44. The molecule has 1 saturated heterocycles. The first-order valence-corrected chi connectivity index (χ1v) is 8.29. The predicted octanol–water partition coefficient (Wildman–Crippen LogP) is 3.26. The van der Waals surface area contributed by atoms with E-state index >= 15 is 0 Å². The number of hydrogen-bond donors (Lipinski definition) is 1. The van der Waals surface area contributed by atoms with Crippen LogP contribution in [0.2, 0.25) is 0 Å². The van der Waals surface area contributed by atoms with Crippen LogP contribution >= 0.6 is 11.3 Å². The maximum absolute atomic E-state index is 6.03. The zero-order valence-electron chi connectivity index (χ0n) is 11.1. The van der Waals surface area contributed by atoms with Crippen molar-refractivity contribution >= 4 is 11.3 Å². The summed E-state index contributed by atoms with van der Waals surface area (Å²) in [6, 6.07) is 2.70. The molecule has 0 amide bonds. The Morgan fingerprint density at radius 3 is 2.83 bits per heavy atom. The molecule has 1 aromatic rings. The number of nitrogens with zero attached hydrogens (tertiary/aromatic N) is 1. The molecule has 0 bridgehead atoms. The molecule has 18 heavy (non-hydrogen) atoms. The van der Waals surface area contributed by atoms with E-state index in [0.717, 1.165) is 18.4 Å². The highest BCUT2D eigenvalue weighted by Crippen LogP contribution is 2.38. The van der Waals surface area contributed by atoms with Crippen molar-refractivity contribution in [3.8, 4) is 0 Å². The fourth-order valence-corrected chi connectivity index (χ4v) is 4.58. The summed E-state index contributed by atoms with van der Waals surface area (Å²) in [5.41, 5.74) is 7.45. The van der Waals surface area contributed by atoms with Crippen molar-refractivity contribution in [3.63, 3.8) is 0 Å². The van der Waals surface area contributed by atoms with Crippen molar-refractivity contribution < 1.29 is 0 Å². The van der Waals surface area contributed by atoms with Gasteiger partial charge in [-0.2, -0.15) is 11.3 Å². The summed E-state index contributed by atoms with van der Waals surface area (Å²) < 4.78 is 0. The van der Waals surface area contributed by atoms with Crippen LogP contribution in [0.1, 0.15) is 43.7 Å². The molecular weight excluding hydrogens is 240 g/mol. The fraction of sp³-hybridized carbons (Fsp3) is 0.733. The van der Waals surface area contributed by atoms with Crippen LogP contribution in [0.3, 0.4) is 0 Å². The smallest absolute Gasteiger partial charge is 0.0478 e. The Bertz CT molecular complexity index is 363. The maximum atomic E-state index is 6.03. The van der Waals surface area contributed by atoms with Gasteiger partial charge in [-0.25, -0.2) is 0 Å². The van der Waals surface area contributed by atoms with Crippen molar-refractivity contribution in [1.29, 1.82) is 0 Å². The summed E-state index contributed by atoms with van der Waals surface area (Å²) in [6.07, 6.45) is 7.23. The van der Waals surface area contributed by atoms with Crippen molar-refractivity contribution in [2.45, 2.75) is 38.1 Å². The van der Waals surface area contributed by atoms with Gasteiger partial charge in [0.25, 0.3) is 0 Å². The third-order valence-corrected chi connectivity index (χ3v) is 5.62. The molecule has 1 aliphatic heterocycles. The van der Waals surface area contributed by atoms with E-state index in [9.17, 15) is 0 Å². The van der Waals surface area contributed by atoms with Gasteiger partial charge in [-0.15, -0.1) is 0 Å². The van der Waals surface area contributed by atoms with Gasteiger partial charge in [0.15, 0.2) is 0 Å². The summed E-state index contributed by atoms with van der Waals surface area (Å²) in [4.78, 5) is 2.65. The molecule has 3 unspecified atom stereocenters. The summed E-state index contributed by atoms with van der Waals surface area (Å²) in [6.45, 7) is 3.29. The van der Waals surface area contributed by atoms with Crippen molar-refractivity contribution in [2.75, 3.05) is 19.6 Å². The zero-order valence-corrected chi connectivity index (χ0v) is 11.9. The molecule has 3 atom stereocenters. The third-order valence-electron chi connectivity index (χ3n) is 4.91. The number of nitrogens with two attached hydrogens (primary N) is 1. The third kappa shape index (κ3) is 2.49. The molecule has 2 fully saturated rings. The molecular formula is C15H24N2S. The minimum Gasteiger partial charge on any atom is -0.329 e. The maximum Gasteiger partial charge on any atom is 0.0478 e. The van der Waals surface area contributed by atoms with E-state index in [1.807, 2.05) is 0 Å². The van der Waals surface area contributed by atoms with Gasteiger partial charge in [-0.05, 0) is 53.6 Å². The normalized spacial score (nSPS) is 30.9. The Kier molecular flexibility index (Phi) is 4.02. The summed E-state index contributed by atoms with van der Waals surface area (Å²) >= 11 is 1.79. The van der Waals surface area contributed by atoms with Gasteiger partial charge in [0.1, 0.15) is 0 Å². The van der Waals surface area contributed by atoms with Crippen LogP contribution < -0.4 is 5.73 Å². The van der Waals surface area contributed by atoms with Gasteiger partial charge in [0.05, 0.1) is 0 Å². The van der Waals surface area contributed by atoms with E-state index in [0.29, 0.717) is 6.04 Å². The lowest BCUT2D eigenvalue weighted by molar-refractivity contribution is 0.0587. The summed E-state index contributed by atoms with van der Waals surface area (Å²) in [5.74, 6) is 1.95. The molecule has 2 heterocycles. The second-order valence-electron chi connectivity index (χ2n) is 5.90. The highest BCUT2D eigenvalue weighted by Gasteiger charge is 2.33. The van der Waals surface area contributed by atoms with E-state index < -0.39 is 0 Å². The predicted molar refractivity (Wildman–Crippen MR) is 77.8 cm³/mol. The van der Waals surface area contributed by atoms with Crippen LogP contribution in [0.15, 0.2) is 16.8 Å².